The molecule has 3 heterocycles. The third kappa shape index (κ3) is 4.29. The highest BCUT2D eigenvalue weighted by atomic mass is 16.6. The van der Waals surface area contributed by atoms with Gasteiger partial charge in [0.1, 0.15) is 11.4 Å². The van der Waals surface area contributed by atoms with Crippen molar-refractivity contribution in [2.45, 2.75) is 77.0 Å². The molecular weight excluding hydrogens is 364 g/mol. The number of nitrogens with zero attached hydrogens (tertiary/aromatic N) is 2. The fourth-order valence-corrected chi connectivity index (χ4v) is 4.90. The summed E-state index contributed by atoms with van der Waals surface area (Å²) in [5.74, 6) is 0.270. The van der Waals surface area contributed by atoms with E-state index in [1.807, 2.05) is 56.0 Å². The van der Waals surface area contributed by atoms with Gasteiger partial charge in [0, 0.05) is 36.0 Å². The Morgan fingerprint density at radius 3 is 2.48 bits per heavy atom. The molecule has 2 aliphatic heterocycles. The molecule has 4 rings (SSSR count). The highest BCUT2D eigenvalue weighted by Gasteiger charge is 2.44. The zero-order valence-electron chi connectivity index (χ0n) is 17.6. The molecule has 2 unspecified atom stereocenters. The Balaban J connectivity index is 1.48. The van der Waals surface area contributed by atoms with E-state index >= 15 is 0 Å². The molecule has 0 radical (unpaired) electrons. The fraction of sp³-hybridized carbons (Fsp3) is 0.542. The van der Waals surface area contributed by atoms with E-state index in [-0.39, 0.29) is 29.9 Å². The Kier molecular flexibility index (Phi) is 5.32. The van der Waals surface area contributed by atoms with Crippen LogP contribution in [0.3, 0.4) is 0 Å². The predicted octanol–water partition coefficient (Wildman–Crippen LogP) is 4.91. The zero-order valence-corrected chi connectivity index (χ0v) is 17.6. The van der Waals surface area contributed by atoms with Crippen molar-refractivity contribution < 1.29 is 14.3 Å². The van der Waals surface area contributed by atoms with Crippen molar-refractivity contribution in [3.05, 3.63) is 42.1 Å². The Morgan fingerprint density at radius 1 is 1.10 bits per heavy atom. The molecule has 1 aromatic carbocycles. The molecule has 2 fully saturated rings. The lowest BCUT2D eigenvalue weighted by molar-refractivity contribution is -0.126. The van der Waals surface area contributed by atoms with Crippen LogP contribution in [-0.4, -0.2) is 39.4 Å². The highest BCUT2D eigenvalue weighted by molar-refractivity contribution is 5.89. The van der Waals surface area contributed by atoms with Gasteiger partial charge in [-0.2, -0.15) is 0 Å². The second kappa shape index (κ2) is 7.77. The number of carbonyl (C=O) groups excluding carboxylic acids is 2. The lowest BCUT2D eigenvalue weighted by Gasteiger charge is -2.48. The summed E-state index contributed by atoms with van der Waals surface area (Å²) in [4.78, 5) is 32.3. The fourth-order valence-electron chi connectivity index (χ4n) is 4.90. The first-order valence-corrected chi connectivity index (χ1v) is 10.7. The molecule has 0 N–H and O–H groups in total. The van der Waals surface area contributed by atoms with Gasteiger partial charge in [-0.15, -0.1) is 0 Å². The molecule has 0 aliphatic carbocycles. The van der Waals surface area contributed by atoms with Crippen LogP contribution in [0, 0.1) is 5.92 Å². The second-order valence-electron chi connectivity index (χ2n) is 9.43. The van der Waals surface area contributed by atoms with Gasteiger partial charge in [0.2, 0.25) is 0 Å². The van der Waals surface area contributed by atoms with E-state index in [4.69, 9.17) is 4.74 Å². The maximum Gasteiger partial charge on any atom is 0.410 e. The monoisotopic (exact) mass is 394 g/mol. The third-order valence-electron chi connectivity index (χ3n) is 6.12. The Hall–Kier alpha value is -2.43. The standard InChI is InChI=1S/C24H30N2O3/c1-24(2,3)29-23(28)26-19-10-5-11-20(26)14-18(13-19)21(27)15-17-8-4-7-16-9-6-12-25-22(16)17/h4,6-9,12,18-20H,5,10-11,13-15H2,1-3H3. The predicted molar refractivity (Wildman–Crippen MR) is 113 cm³/mol. The van der Waals surface area contributed by atoms with Crippen LogP contribution in [-0.2, 0) is 16.0 Å². The average molecular weight is 395 g/mol. The molecule has 2 aromatic rings. The Bertz CT molecular complexity index is 898. The first-order valence-electron chi connectivity index (χ1n) is 10.7. The molecule has 2 bridgehead atoms. The molecule has 2 aliphatic rings. The summed E-state index contributed by atoms with van der Waals surface area (Å²) in [6.45, 7) is 5.69. The molecule has 5 heteroatoms. The summed E-state index contributed by atoms with van der Waals surface area (Å²) in [6, 6.07) is 10.2. The van der Waals surface area contributed by atoms with Crippen molar-refractivity contribution in [1.82, 2.24) is 9.88 Å². The topological polar surface area (TPSA) is 59.5 Å². The van der Waals surface area contributed by atoms with Gasteiger partial charge in [-0.25, -0.2) is 4.79 Å². The van der Waals surface area contributed by atoms with Crippen LogP contribution < -0.4 is 0 Å². The molecular formula is C24H30N2O3. The van der Waals surface area contributed by atoms with Gasteiger partial charge in [-0.3, -0.25) is 9.78 Å². The maximum absolute atomic E-state index is 13.2. The highest BCUT2D eigenvalue weighted by Crippen LogP contribution is 2.38. The van der Waals surface area contributed by atoms with Crippen molar-refractivity contribution in [3.63, 3.8) is 0 Å². The molecule has 154 valence electrons. The van der Waals surface area contributed by atoms with E-state index in [1.165, 1.54) is 0 Å². The number of benzene rings is 1. The molecule has 29 heavy (non-hydrogen) atoms. The maximum atomic E-state index is 13.2. The van der Waals surface area contributed by atoms with Crippen LogP contribution in [0.1, 0.15) is 58.4 Å². The van der Waals surface area contributed by atoms with Crippen molar-refractivity contribution in [3.8, 4) is 0 Å². The van der Waals surface area contributed by atoms with E-state index in [0.717, 1.165) is 48.6 Å². The minimum absolute atomic E-state index is 0.00274. The minimum atomic E-state index is -0.501. The SMILES string of the molecule is CC(C)(C)OC(=O)N1C2CCCC1CC(C(=O)Cc1cccc3cccnc13)C2. The average Bonchev–Trinajstić information content (AvgIpc) is 2.66. The number of aromatic nitrogens is 1. The third-order valence-corrected chi connectivity index (χ3v) is 6.12. The van der Waals surface area contributed by atoms with Crippen molar-refractivity contribution in [2.75, 3.05) is 0 Å². The van der Waals surface area contributed by atoms with Gasteiger partial charge < -0.3 is 9.64 Å². The molecule has 0 spiro atoms. The van der Waals surface area contributed by atoms with Gasteiger partial charge in [0.05, 0.1) is 5.52 Å². The van der Waals surface area contributed by atoms with Gasteiger partial charge >= 0.3 is 6.09 Å². The van der Waals surface area contributed by atoms with Crippen LogP contribution in [0.25, 0.3) is 10.9 Å². The molecule has 1 amide bonds. The van der Waals surface area contributed by atoms with E-state index in [1.54, 1.807) is 6.20 Å². The lowest BCUT2D eigenvalue weighted by Crippen LogP contribution is -2.56. The lowest BCUT2D eigenvalue weighted by atomic mass is 9.76. The summed E-state index contributed by atoms with van der Waals surface area (Å²) in [5.41, 5.74) is 1.40. The number of piperidine rings is 2. The summed E-state index contributed by atoms with van der Waals surface area (Å²) < 4.78 is 5.65. The number of rotatable bonds is 3. The van der Waals surface area contributed by atoms with Crippen LogP contribution in [0.5, 0.6) is 0 Å². The van der Waals surface area contributed by atoms with Crippen LogP contribution in [0.2, 0.25) is 0 Å². The zero-order chi connectivity index (χ0) is 20.6. The Morgan fingerprint density at radius 2 is 1.79 bits per heavy atom. The van der Waals surface area contributed by atoms with Gasteiger partial charge in [0.15, 0.2) is 0 Å². The quantitative estimate of drug-likeness (QED) is 0.742. The van der Waals surface area contributed by atoms with Gasteiger partial charge in [-0.05, 0) is 64.5 Å². The summed E-state index contributed by atoms with van der Waals surface area (Å²) in [5, 5.41) is 1.06. The largest absolute Gasteiger partial charge is 0.444 e. The van der Waals surface area contributed by atoms with Crippen LogP contribution >= 0.6 is 0 Å². The molecule has 5 nitrogen and oxygen atoms in total. The number of carbonyl (C=O) groups is 2. The first-order chi connectivity index (χ1) is 13.8. The van der Waals surface area contributed by atoms with Crippen molar-refractivity contribution in [1.29, 1.82) is 0 Å². The second-order valence-corrected chi connectivity index (χ2v) is 9.43. The number of Topliss-reactive ketones (excluding diaryl/α,β-unsaturated/α-hetero) is 1. The van der Waals surface area contributed by atoms with E-state index in [2.05, 4.69) is 4.98 Å². The van der Waals surface area contributed by atoms with Gasteiger partial charge in [-0.1, -0.05) is 24.3 Å². The van der Waals surface area contributed by atoms with E-state index in [0.29, 0.717) is 6.42 Å². The smallest absolute Gasteiger partial charge is 0.410 e. The van der Waals surface area contributed by atoms with E-state index in [9.17, 15) is 9.59 Å². The number of hydrogen-bond acceptors (Lipinski definition) is 4. The molecule has 0 saturated carbocycles. The van der Waals surface area contributed by atoms with Crippen molar-refractivity contribution in [2.24, 2.45) is 5.92 Å². The number of amides is 1. The normalized spacial score (nSPS) is 24.4. The number of pyridine rings is 1. The first kappa shape index (κ1) is 19.9. The summed E-state index contributed by atoms with van der Waals surface area (Å²) >= 11 is 0. The van der Waals surface area contributed by atoms with Crippen molar-refractivity contribution >= 4 is 22.8 Å². The van der Waals surface area contributed by atoms with E-state index < -0.39 is 5.60 Å². The number of ketones is 1. The molecule has 1 aromatic heterocycles. The van der Waals surface area contributed by atoms with Gasteiger partial charge in [0.25, 0.3) is 0 Å². The number of fused-ring (bicyclic) bond motifs is 3. The Labute approximate surface area is 172 Å². The molecule has 2 saturated heterocycles. The number of hydrogen-bond donors (Lipinski definition) is 0. The van der Waals surface area contributed by atoms with Crippen LogP contribution in [0.4, 0.5) is 4.79 Å². The van der Waals surface area contributed by atoms with Crippen LogP contribution in [0.15, 0.2) is 36.5 Å². The summed E-state index contributed by atoms with van der Waals surface area (Å²) in [7, 11) is 0. The minimum Gasteiger partial charge on any atom is -0.444 e. The number of para-hydroxylation sites is 1. The number of ether oxygens (including phenoxy) is 1. The summed E-state index contributed by atoms with van der Waals surface area (Å²) in [6.07, 6.45) is 6.47. The molecule has 2 atom stereocenters.